The number of halogens is 1. The number of carbonyl (C=O) groups excluding carboxylic acids is 1. The molecule has 8 heteroatoms. The van der Waals surface area contributed by atoms with Crippen molar-refractivity contribution in [3.8, 4) is 11.3 Å². The second-order valence-electron chi connectivity index (χ2n) is 8.10. The monoisotopic (exact) mass is 415 g/mol. The summed E-state index contributed by atoms with van der Waals surface area (Å²) < 4.78 is 22.8. The summed E-state index contributed by atoms with van der Waals surface area (Å²) in [5.41, 5.74) is -0.247. The summed E-state index contributed by atoms with van der Waals surface area (Å²) in [6.45, 7) is 8.83. The van der Waals surface area contributed by atoms with E-state index in [0.717, 1.165) is 10.6 Å². The highest BCUT2D eigenvalue weighted by molar-refractivity contribution is 5.90. The van der Waals surface area contributed by atoms with Crippen LogP contribution in [0.1, 0.15) is 62.3 Å². The van der Waals surface area contributed by atoms with Gasteiger partial charge < -0.3 is 14.4 Å². The molecule has 3 heterocycles. The first kappa shape index (κ1) is 21.7. The van der Waals surface area contributed by atoms with Gasteiger partial charge in [0.15, 0.2) is 0 Å². The van der Waals surface area contributed by atoms with E-state index in [1.165, 1.54) is 6.07 Å². The molecule has 0 amide bonds. The summed E-state index contributed by atoms with van der Waals surface area (Å²) >= 11 is 0. The largest absolute Gasteiger partial charge is 0.462 e. The number of hydrogen-bond donors (Lipinski definition) is 1. The van der Waals surface area contributed by atoms with Gasteiger partial charge in [-0.15, -0.1) is 0 Å². The Morgan fingerprint density at radius 1 is 1.30 bits per heavy atom. The van der Waals surface area contributed by atoms with Crippen molar-refractivity contribution in [3.05, 3.63) is 57.6 Å². The van der Waals surface area contributed by atoms with Gasteiger partial charge in [0.1, 0.15) is 22.8 Å². The van der Waals surface area contributed by atoms with Crippen LogP contribution in [0.25, 0.3) is 16.8 Å². The van der Waals surface area contributed by atoms with Gasteiger partial charge in [-0.2, -0.15) is 0 Å². The Labute approximate surface area is 173 Å². The fourth-order valence-corrected chi connectivity index (χ4v) is 3.52. The number of rotatable bonds is 5. The lowest BCUT2D eigenvalue weighted by molar-refractivity contribution is 0.0523. The third-order valence-corrected chi connectivity index (χ3v) is 4.90. The number of esters is 1. The molecule has 3 aromatic heterocycles. The van der Waals surface area contributed by atoms with Gasteiger partial charge in [-0.25, -0.2) is 14.2 Å². The molecule has 0 bridgehead atoms. The van der Waals surface area contributed by atoms with E-state index in [0.29, 0.717) is 22.6 Å². The summed E-state index contributed by atoms with van der Waals surface area (Å²) in [4.78, 5) is 29.5. The van der Waals surface area contributed by atoms with Gasteiger partial charge in [-0.05, 0) is 44.4 Å². The normalized spacial score (nSPS) is 12.0. The fourth-order valence-electron chi connectivity index (χ4n) is 3.52. The van der Waals surface area contributed by atoms with Gasteiger partial charge in [0.05, 0.1) is 17.8 Å². The van der Waals surface area contributed by atoms with Crippen molar-refractivity contribution < 1.29 is 19.0 Å². The number of imidazole rings is 1. The van der Waals surface area contributed by atoms with E-state index in [1.54, 1.807) is 44.6 Å². The van der Waals surface area contributed by atoms with Gasteiger partial charge in [-0.1, -0.05) is 13.8 Å². The molecule has 3 aromatic rings. The summed E-state index contributed by atoms with van der Waals surface area (Å²) in [5, 5.41) is 10.3. The maximum absolute atomic E-state index is 15.0. The fraction of sp³-hybridized carbons (Fsp3) is 0.409. The lowest BCUT2D eigenvalue weighted by Gasteiger charge is -2.16. The molecule has 0 unspecified atom stereocenters. The van der Waals surface area contributed by atoms with E-state index in [1.807, 2.05) is 13.8 Å². The second kappa shape index (κ2) is 7.68. The molecule has 0 spiro atoms. The van der Waals surface area contributed by atoms with Gasteiger partial charge in [-0.3, -0.25) is 9.20 Å². The Morgan fingerprint density at radius 3 is 2.50 bits per heavy atom. The van der Waals surface area contributed by atoms with Crippen molar-refractivity contribution in [1.82, 2.24) is 14.0 Å². The van der Waals surface area contributed by atoms with Gasteiger partial charge in [0, 0.05) is 25.0 Å². The first-order valence-electron chi connectivity index (χ1n) is 9.78. The standard InChI is InChI=1S/C22H26FN3O4/c1-7-30-20(28)15-8-13(12(2)3)18-9-14(16(23)10-26(18)19(15)27)17-11-25(6)21(24-17)22(4,5)29/h8-12,29H,7H2,1-6H3. The molecular weight excluding hydrogens is 389 g/mol. The summed E-state index contributed by atoms with van der Waals surface area (Å²) in [7, 11) is 1.72. The third-order valence-electron chi connectivity index (χ3n) is 4.90. The van der Waals surface area contributed by atoms with Crippen molar-refractivity contribution >= 4 is 11.5 Å². The number of aryl methyl sites for hydroxylation is 1. The van der Waals surface area contributed by atoms with Crippen LogP contribution in [0, 0.1) is 5.82 Å². The number of aliphatic hydroxyl groups is 1. The minimum atomic E-state index is -1.20. The molecule has 0 aliphatic rings. The minimum Gasteiger partial charge on any atom is -0.462 e. The number of hydrogen-bond acceptors (Lipinski definition) is 5. The maximum Gasteiger partial charge on any atom is 0.343 e. The van der Waals surface area contributed by atoms with Gasteiger partial charge in [0.2, 0.25) is 0 Å². The molecule has 0 aliphatic heterocycles. The number of nitrogens with zero attached hydrogens (tertiary/aromatic N) is 3. The van der Waals surface area contributed by atoms with Crippen LogP contribution in [0.5, 0.6) is 0 Å². The van der Waals surface area contributed by atoms with E-state index < -0.39 is 22.9 Å². The predicted molar refractivity (Wildman–Crippen MR) is 111 cm³/mol. The minimum absolute atomic E-state index is 0.0391. The van der Waals surface area contributed by atoms with Crippen molar-refractivity contribution in [2.24, 2.45) is 7.05 Å². The van der Waals surface area contributed by atoms with Gasteiger partial charge >= 0.3 is 5.97 Å². The van der Waals surface area contributed by atoms with Crippen molar-refractivity contribution in [2.75, 3.05) is 6.61 Å². The molecule has 0 radical (unpaired) electrons. The molecule has 30 heavy (non-hydrogen) atoms. The van der Waals surface area contributed by atoms with Crippen LogP contribution < -0.4 is 5.56 Å². The lowest BCUT2D eigenvalue weighted by Crippen LogP contribution is -2.25. The Morgan fingerprint density at radius 2 is 1.97 bits per heavy atom. The molecule has 7 nitrogen and oxygen atoms in total. The van der Waals surface area contributed by atoms with Crippen molar-refractivity contribution in [3.63, 3.8) is 0 Å². The number of pyridine rings is 2. The molecule has 0 aromatic carbocycles. The quantitative estimate of drug-likeness (QED) is 0.646. The second-order valence-corrected chi connectivity index (χ2v) is 8.10. The zero-order valence-electron chi connectivity index (χ0n) is 18.0. The van der Waals surface area contributed by atoms with E-state index in [4.69, 9.17) is 4.74 Å². The molecular formula is C22H26FN3O4. The van der Waals surface area contributed by atoms with E-state index >= 15 is 4.39 Å². The van der Waals surface area contributed by atoms with Gasteiger partial charge in [0.25, 0.3) is 5.56 Å². The van der Waals surface area contributed by atoms with Crippen LogP contribution in [0.4, 0.5) is 4.39 Å². The predicted octanol–water partition coefficient (Wildman–Crippen LogP) is 3.37. The first-order chi connectivity index (χ1) is 14.0. The molecule has 0 aliphatic carbocycles. The first-order valence-corrected chi connectivity index (χ1v) is 9.78. The number of aromatic nitrogens is 3. The van der Waals surface area contributed by atoms with Crippen LogP contribution >= 0.6 is 0 Å². The van der Waals surface area contributed by atoms with Crippen molar-refractivity contribution in [2.45, 2.75) is 46.1 Å². The van der Waals surface area contributed by atoms with Crippen LogP contribution in [0.2, 0.25) is 0 Å². The molecule has 0 saturated heterocycles. The highest BCUT2D eigenvalue weighted by atomic mass is 19.1. The SMILES string of the molecule is CCOC(=O)c1cc(C(C)C)c2cc(-c3cn(C)c(C(C)(C)O)n3)c(F)cn2c1=O. The topological polar surface area (TPSA) is 85.8 Å². The lowest BCUT2D eigenvalue weighted by atomic mass is 9.99. The maximum atomic E-state index is 15.0. The highest BCUT2D eigenvalue weighted by Crippen LogP contribution is 2.29. The molecule has 3 rings (SSSR count). The summed E-state index contributed by atoms with van der Waals surface area (Å²) in [5.74, 6) is -1.05. The average Bonchev–Trinajstić information content (AvgIpc) is 3.03. The zero-order valence-corrected chi connectivity index (χ0v) is 18.0. The van der Waals surface area contributed by atoms with E-state index in [-0.39, 0.29) is 23.7 Å². The number of carbonyl (C=O) groups is 1. The Balaban J connectivity index is 2.30. The molecule has 0 saturated carbocycles. The van der Waals surface area contributed by atoms with E-state index in [9.17, 15) is 14.7 Å². The van der Waals surface area contributed by atoms with Crippen LogP contribution in [-0.2, 0) is 17.4 Å². The smallest absolute Gasteiger partial charge is 0.343 e. The van der Waals surface area contributed by atoms with Crippen molar-refractivity contribution in [1.29, 1.82) is 0 Å². The van der Waals surface area contributed by atoms with E-state index in [2.05, 4.69) is 4.98 Å². The number of ether oxygens (including phenoxy) is 1. The highest BCUT2D eigenvalue weighted by Gasteiger charge is 2.25. The summed E-state index contributed by atoms with van der Waals surface area (Å²) in [6.07, 6.45) is 2.70. The molecule has 0 fully saturated rings. The van der Waals surface area contributed by atoms with Crippen LogP contribution in [-0.4, -0.2) is 31.6 Å². The average molecular weight is 415 g/mol. The molecule has 1 N–H and O–H groups in total. The molecule has 0 atom stereocenters. The third kappa shape index (κ3) is 3.75. The van der Waals surface area contributed by atoms with Crippen LogP contribution in [0.3, 0.4) is 0 Å². The molecule has 160 valence electrons. The Bertz CT molecular complexity index is 1190. The zero-order chi connectivity index (χ0) is 22.4. The Kier molecular flexibility index (Phi) is 5.56. The summed E-state index contributed by atoms with van der Waals surface area (Å²) in [6, 6.07) is 3.07. The Hall–Kier alpha value is -3.00. The van der Waals surface area contributed by atoms with Crippen LogP contribution in [0.15, 0.2) is 29.3 Å². The number of fused-ring (bicyclic) bond motifs is 1.